The molecule has 2 N–H and O–H groups in total. The average Bonchev–Trinajstić information content (AvgIpc) is 2.16. The minimum absolute atomic E-state index is 0.0574. The van der Waals surface area contributed by atoms with Gasteiger partial charge >= 0.3 is 0 Å². The number of alkyl halides is 2. The molecule has 0 radical (unpaired) electrons. The Morgan fingerprint density at radius 1 is 1.36 bits per heavy atom. The van der Waals surface area contributed by atoms with Crippen molar-refractivity contribution < 1.29 is 14.9 Å². The fraction of sp³-hybridized carbons (Fsp3) is 0.333. The van der Waals surface area contributed by atoms with Gasteiger partial charge in [0.15, 0.2) is 11.5 Å². The lowest BCUT2D eigenvalue weighted by Crippen LogP contribution is -2.05. The van der Waals surface area contributed by atoms with Crippen LogP contribution >= 0.6 is 23.2 Å². The standard InChI is InChI=1S/C9H10Cl2O3/c1-14-7-3-2-5(4-6(7)12)8(13)9(10)11/h2-4,8-9,12-13H,1H3. The second kappa shape index (κ2) is 4.73. The van der Waals surface area contributed by atoms with Crippen molar-refractivity contribution in [2.24, 2.45) is 0 Å². The summed E-state index contributed by atoms with van der Waals surface area (Å²) in [4.78, 5) is -0.928. The van der Waals surface area contributed by atoms with Crippen LogP contribution in [0.3, 0.4) is 0 Å². The van der Waals surface area contributed by atoms with Crippen LogP contribution in [0.15, 0.2) is 18.2 Å². The highest BCUT2D eigenvalue weighted by Gasteiger charge is 2.17. The number of phenols is 1. The number of aliphatic hydroxyl groups is 1. The van der Waals surface area contributed by atoms with Gasteiger partial charge in [0, 0.05) is 0 Å². The number of halogens is 2. The summed E-state index contributed by atoms with van der Waals surface area (Å²) in [6, 6.07) is 4.48. The number of ether oxygens (including phenoxy) is 1. The smallest absolute Gasteiger partial charge is 0.160 e. The van der Waals surface area contributed by atoms with Crippen LogP contribution in [0.2, 0.25) is 0 Å². The van der Waals surface area contributed by atoms with Crippen molar-refractivity contribution in [3.63, 3.8) is 0 Å². The molecule has 5 heteroatoms. The van der Waals surface area contributed by atoms with E-state index in [1.807, 2.05) is 0 Å². The highest BCUT2D eigenvalue weighted by atomic mass is 35.5. The van der Waals surface area contributed by atoms with E-state index in [0.29, 0.717) is 11.3 Å². The molecule has 3 nitrogen and oxygen atoms in total. The normalized spacial score (nSPS) is 12.9. The molecule has 0 aliphatic heterocycles. The lowest BCUT2D eigenvalue weighted by atomic mass is 10.1. The molecule has 0 bridgehead atoms. The van der Waals surface area contributed by atoms with E-state index >= 15 is 0 Å². The summed E-state index contributed by atoms with van der Waals surface area (Å²) < 4.78 is 4.84. The number of aliphatic hydroxyl groups excluding tert-OH is 1. The zero-order valence-electron chi connectivity index (χ0n) is 7.45. The van der Waals surface area contributed by atoms with E-state index < -0.39 is 10.9 Å². The summed E-state index contributed by atoms with van der Waals surface area (Å²) in [5.74, 6) is 0.277. The Bertz CT molecular complexity index is 315. The summed E-state index contributed by atoms with van der Waals surface area (Å²) in [6.45, 7) is 0. The molecular formula is C9H10Cl2O3. The Labute approximate surface area is 91.8 Å². The van der Waals surface area contributed by atoms with Gasteiger partial charge in [-0.1, -0.05) is 6.07 Å². The molecule has 0 spiro atoms. The molecule has 0 saturated carbocycles. The molecule has 0 amide bonds. The number of aromatic hydroxyl groups is 1. The van der Waals surface area contributed by atoms with E-state index in [1.54, 1.807) is 6.07 Å². The largest absolute Gasteiger partial charge is 0.504 e. The van der Waals surface area contributed by atoms with Crippen LogP contribution in [0, 0.1) is 0 Å². The van der Waals surface area contributed by atoms with E-state index in [2.05, 4.69) is 0 Å². The molecule has 1 aromatic rings. The zero-order chi connectivity index (χ0) is 10.7. The van der Waals surface area contributed by atoms with Gasteiger partial charge in [0.25, 0.3) is 0 Å². The Hall–Kier alpha value is -0.640. The van der Waals surface area contributed by atoms with E-state index in [-0.39, 0.29) is 5.75 Å². The number of hydrogen-bond donors (Lipinski definition) is 2. The van der Waals surface area contributed by atoms with E-state index in [0.717, 1.165) is 0 Å². The van der Waals surface area contributed by atoms with E-state index in [1.165, 1.54) is 19.2 Å². The second-order valence-corrected chi connectivity index (χ2v) is 3.87. The zero-order valence-corrected chi connectivity index (χ0v) is 8.96. The summed E-state index contributed by atoms with van der Waals surface area (Å²) in [7, 11) is 1.44. The Kier molecular flexibility index (Phi) is 3.86. The van der Waals surface area contributed by atoms with Gasteiger partial charge in [0.1, 0.15) is 10.9 Å². The molecule has 1 atom stereocenters. The lowest BCUT2D eigenvalue weighted by molar-refractivity contribution is 0.192. The minimum Gasteiger partial charge on any atom is -0.504 e. The monoisotopic (exact) mass is 236 g/mol. The van der Waals surface area contributed by atoms with Crippen LogP contribution < -0.4 is 4.74 Å². The van der Waals surface area contributed by atoms with Crippen LogP contribution in [0.1, 0.15) is 11.7 Å². The Balaban J connectivity index is 2.96. The van der Waals surface area contributed by atoms with Crippen LogP contribution in [0.4, 0.5) is 0 Å². The number of benzene rings is 1. The van der Waals surface area contributed by atoms with Gasteiger partial charge in [-0.25, -0.2) is 0 Å². The fourth-order valence-corrected chi connectivity index (χ4v) is 1.33. The van der Waals surface area contributed by atoms with Crippen LogP contribution in [-0.4, -0.2) is 22.2 Å². The molecule has 78 valence electrons. The first kappa shape index (κ1) is 11.4. The molecule has 14 heavy (non-hydrogen) atoms. The number of methoxy groups -OCH3 is 1. The van der Waals surface area contributed by atoms with E-state index in [9.17, 15) is 10.2 Å². The highest BCUT2D eigenvalue weighted by molar-refractivity contribution is 6.44. The van der Waals surface area contributed by atoms with Crippen LogP contribution in [0.25, 0.3) is 0 Å². The Morgan fingerprint density at radius 2 is 2.00 bits per heavy atom. The minimum atomic E-state index is -1.02. The molecule has 0 saturated heterocycles. The first-order chi connectivity index (χ1) is 6.56. The molecule has 0 aliphatic carbocycles. The quantitative estimate of drug-likeness (QED) is 0.792. The molecule has 1 rings (SSSR count). The highest BCUT2D eigenvalue weighted by Crippen LogP contribution is 2.31. The van der Waals surface area contributed by atoms with Gasteiger partial charge in [-0.05, 0) is 17.7 Å². The van der Waals surface area contributed by atoms with Crippen molar-refractivity contribution in [2.45, 2.75) is 10.9 Å². The van der Waals surface area contributed by atoms with Crippen LogP contribution in [0.5, 0.6) is 11.5 Å². The maximum atomic E-state index is 9.47. The summed E-state index contributed by atoms with van der Waals surface area (Å²) in [6.07, 6.45) is -1.02. The third-order valence-corrected chi connectivity index (χ3v) is 2.26. The van der Waals surface area contributed by atoms with Crippen molar-refractivity contribution in [3.05, 3.63) is 23.8 Å². The third kappa shape index (κ3) is 2.44. The Morgan fingerprint density at radius 3 is 2.43 bits per heavy atom. The molecule has 1 aromatic carbocycles. The first-order valence-electron chi connectivity index (χ1n) is 3.89. The van der Waals surface area contributed by atoms with E-state index in [4.69, 9.17) is 27.9 Å². The van der Waals surface area contributed by atoms with Crippen molar-refractivity contribution in [1.29, 1.82) is 0 Å². The average molecular weight is 237 g/mol. The number of hydrogen-bond acceptors (Lipinski definition) is 3. The van der Waals surface area contributed by atoms with Crippen molar-refractivity contribution >= 4 is 23.2 Å². The van der Waals surface area contributed by atoms with Gasteiger partial charge in [0.2, 0.25) is 0 Å². The third-order valence-electron chi connectivity index (χ3n) is 1.78. The lowest BCUT2D eigenvalue weighted by Gasteiger charge is -2.12. The molecule has 0 aliphatic rings. The predicted octanol–water partition coefficient (Wildman–Crippen LogP) is 2.24. The van der Waals surface area contributed by atoms with Gasteiger partial charge < -0.3 is 14.9 Å². The van der Waals surface area contributed by atoms with Crippen molar-refractivity contribution in [2.75, 3.05) is 7.11 Å². The fourth-order valence-electron chi connectivity index (χ4n) is 1.04. The van der Waals surface area contributed by atoms with Crippen molar-refractivity contribution in [1.82, 2.24) is 0 Å². The molecule has 1 unspecified atom stereocenters. The summed E-state index contributed by atoms with van der Waals surface area (Å²) in [5.41, 5.74) is 0.443. The van der Waals surface area contributed by atoms with Gasteiger partial charge in [-0.15, -0.1) is 23.2 Å². The maximum absolute atomic E-state index is 9.47. The SMILES string of the molecule is COc1ccc(C(O)C(Cl)Cl)cc1O. The molecule has 0 aromatic heterocycles. The summed E-state index contributed by atoms with van der Waals surface area (Å²) >= 11 is 11.0. The van der Waals surface area contributed by atoms with Crippen LogP contribution in [-0.2, 0) is 0 Å². The van der Waals surface area contributed by atoms with Crippen molar-refractivity contribution in [3.8, 4) is 11.5 Å². The predicted molar refractivity (Wildman–Crippen MR) is 55.1 cm³/mol. The number of rotatable bonds is 3. The van der Waals surface area contributed by atoms with Gasteiger partial charge in [0.05, 0.1) is 7.11 Å². The second-order valence-electron chi connectivity index (χ2n) is 2.71. The first-order valence-corrected chi connectivity index (χ1v) is 4.76. The molecular weight excluding hydrogens is 227 g/mol. The van der Waals surface area contributed by atoms with Gasteiger partial charge in [-0.3, -0.25) is 0 Å². The van der Waals surface area contributed by atoms with Gasteiger partial charge in [-0.2, -0.15) is 0 Å². The topological polar surface area (TPSA) is 49.7 Å². The number of phenolic OH excluding ortho intramolecular Hbond substituents is 1. The molecule has 0 fully saturated rings. The maximum Gasteiger partial charge on any atom is 0.160 e. The molecule has 0 heterocycles. The summed E-state index contributed by atoms with van der Waals surface area (Å²) in [5, 5.41) is 18.9.